The number of hydrogen-bond acceptors (Lipinski definition) is 5. The molecule has 1 N–H and O–H groups in total. The topological polar surface area (TPSA) is 59.9 Å². The summed E-state index contributed by atoms with van der Waals surface area (Å²) in [7, 11) is 1.56. The number of carbonyl (C=O) groups excluding carboxylic acids is 1. The zero-order chi connectivity index (χ0) is 20.4. The Labute approximate surface area is 182 Å². The third-order valence-corrected chi connectivity index (χ3v) is 5.26. The molecule has 0 saturated carbocycles. The van der Waals surface area contributed by atoms with E-state index in [0.717, 1.165) is 21.4 Å². The molecule has 28 heavy (non-hydrogen) atoms. The van der Waals surface area contributed by atoms with Crippen molar-refractivity contribution >= 4 is 51.4 Å². The van der Waals surface area contributed by atoms with Crippen molar-refractivity contribution < 1.29 is 14.3 Å². The third-order valence-electron chi connectivity index (χ3n) is 3.42. The molecule has 0 spiro atoms. The average Bonchev–Trinajstić information content (AvgIpc) is 2.68. The minimum atomic E-state index is -0.174. The number of hydrazone groups is 1. The van der Waals surface area contributed by atoms with Crippen LogP contribution in [-0.2, 0) is 10.5 Å². The Balaban J connectivity index is 1.85. The Kier molecular flexibility index (Phi) is 9.40. The van der Waals surface area contributed by atoms with E-state index in [-0.39, 0.29) is 5.91 Å². The molecule has 0 fully saturated rings. The summed E-state index contributed by atoms with van der Waals surface area (Å²) in [5.74, 6) is 2.00. The molecule has 2 rings (SSSR count). The van der Waals surface area contributed by atoms with Crippen LogP contribution in [0, 0.1) is 0 Å². The molecule has 2 aromatic carbocycles. The first-order chi connectivity index (χ1) is 13.5. The van der Waals surface area contributed by atoms with E-state index in [1.165, 1.54) is 11.8 Å². The number of carbonyl (C=O) groups is 1. The van der Waals surface area contributed by atoms with Crippen LogP contribution < -0.4 is 14.9 Å². The maximum Gasteiger partial charge on any atom is 0.250 e. The summed E-state index contributed by atoms with van der Waals surface area (Å²) >= 11 is 10.8. The average molecular weight is 484 g/mol. The van der Waals surface area contributed by atoms with Crippen LogP contribution in [0.3, 0.4) is 0 Å². The normalized spacial score (nSPS) is 10.7. The van der Waals surface area contributed by atoms with Gasteiger partial charge in [0.25, 0.3) is 0 Å². The number of rotatable bonds is 10. The fourth-order valence-electron chi connectivity index (χ4n) is 2.15. The molecular formula is C20H20BrClN2O3S. The number of methoxy groups -OCH3 is 1. The van der Waals surface area contributed by atoms with Crippen LogP contribution in [0.25, 0.3) is 0 Å². The molecule has 0 radical (unpaired) electrons. The lowest BCUT2D eigenvalue weighted by Crippen LogP contribution is -2.19. The van der Waals surface area contributed by atoms with Crippen molar-refractivity contribution in [3.63, 3.8) is 0 Å². The van der Waals surface area contributed by atoms with Crippen LogP contribution in [0.15, 0.2) is 58.6 Å². The van der Waals surface area contributed by atoms with Gasteiger partial charge in [0, 0.05) is 10.8 Å². The van der Waals surface area contributed by atoms with E-state index in [1.54, 1.807) is 25.5 Å². The molecule has 0 unspecified atom stereocenters. The summed E-state index contributed by atoms with van der Waals surface area (Å²) in [4.78, 5) is 11.9. The van der Waals surface area contributed by atoms with Gasteiger partial charge in [-0.15, -0.1) is 11.8 Å². The number of nitrogens with zero attached hydrogens (tertiary/aromatic N) is 1. The highest BCUT2D eigenvalue weighted by atomic mass is 79.9. The molecule has 2 aromatic rings. The number of thioether (sulfide) groups is 1. The maximum atomic E-state index is 11.9. The first-order valence-corrected chi connectivity index (χ1v) is 10.6. The molecule has 8 heteroatoms. The molecule has 0 aliphatic rings. The van der Waals surface area contributed by atoms with E-state index in [2.05, 4.69) is 33.0 Å². The first-order valence-electron chi connectivity index (χ1n) is 8.28. The van der Waals surface area contributed by atoms with E-state index < -0.39 is 0 Å². The summed E-state index contributed by atoms with van der Waals surface area (Å²) in [5.41, 5.74) is 4.39. The quantitative estimate of drug-likeness (QED) is 0.291. The van der Waals surface area contributed by atoms with Gasteiger partial charge in [0.15, 0.2) is 11.5 Å². The molecule has 0 atom stereocenters. The van der Waals surface area contributed by atoms with E-state index in [1.807, 2.05) is 30.3 Å². The summed E-state index contributed by atoms with van der Waals surface area (Å²) in [6.45, 7) is 3.99. The minimum Gasteiger partial charge on any atom is -0.493 e. The highest BCUT2D eigenvalue weighted by molar-refractivity contribution is 9.10. The number of halogens is 2. The number of nitrogens with one attached hydrogen (secondary N) is 1. The van der Waals surface area contributed by atoms with Gasteiger partial charge in [-0.05, 0) is 51.3 Å². The first kappa shape index (κ1) is 22.3. The van der Waals surface area contributed by atoms with Gasteiger partial charge in [0.1, 0.15) is 6.61 Å². The van der Waals surface area contributed by atoms with Gasteiger partial charge >= 0.3 is 0 Å². The van der Waals surface area contributed by atoms with Crippen molar-refractivity contribution in [1.82, 2.24) is 5.43 Å². The predicted octanol–water partition coefficient (Wildman–Crippen LogP) is 5.06. The van der Waals surface area contributed by atoms with Crippen molar-refractivity contribution in [3.05, 3.63) is 69.7 Å². The van der Waals surface area contributed by atoms with Crippen LogP contribution in [-0.4, -0.2) is 31.6 Å². The van der Waals surface area contributed by atoms with Crippen LogP contribution >= 0.6 is 39.3 Å². The molecule has 1 amide bonds. The lowest BCUT2D eigenvalue weighted by atomic mass is 10.2. The number of amides is 1. The summed E-state index contributed by atoms with van der Waals surface area (Å²) in [5, 5.41) is 4.70. The van der Waals surface area contributed by atoms with E-state index in [0.29, 0.717) is 28.9 Å². The second-order valence-electron chi connectivity index (χ2n) is 5.55. The van der Waals surface area contributed by atoms with Crippen LogP contribution in [0.5, 0.6) is 11.5 Å². The number of hydrogen-bond donors (Lipinski definition) is 1. The Morgan fingerprint density at radius 2 is 2.11 bits per heavy atom. The number of benzene rings is 2. The van der Waals surface area contributed by atoms with E-state index in [4.69, 9.17) is 21.1 Å². The standard InChI is InChI=1S/C20H20BrClN2O3S/c1-3-8-27-20-17(21)9-15(10-18(20)26-2)11-23-24-19(25)13-28-12-14-4-6-16(22)7-5-14/h3-7,9-11H,1,8,12-13H2,2H3,(H,24,25)/b23-11-. The molecule has 148 valence electrons. The predicted molar refractivity (Wildman–Crippen MR) is 120 cm³/mol. The fraction of sp³-hybridized carbons (Fsp3) is 0.200. The largest absolute Gasteiger partial charge is 0.493 e. The molecule has 0 saturated heterocycles. The third kappa shape index (κ3) is 7.22. The van der Waals surface area contributed by atoms with Gasteiger partial charge in [0.2, 0.25) is 5.91 Å². The molecule has 0 aliphatic heterocycles. The molecule has 0 aliphatic carbocycles. The van der Waals surface area contributed by atoms with Crippen molar-refractivity contribution in [1.29, 1.82) is 0 Å². The number of ether oxygens (including phenoxy) is 2. The molecule has 0 aromatic heterocycles. The molecule has 0 bridgehead atoms. The molecular weight excluding hydrogens is 464 g/mol. The van der Waals surface area contributed by atoms with Gasteiger partial charge in [-0.25, -0.2) is 5.43 Å². The van der Waals surface area contributed by atoms with Gasteiger partial charge in [-0.1, -0.05) is 36.4 Å². The Bertz CT molecular complexity index is 844. The van der Waals surface area contributed by atoms with Crippen molar-refractivity contribution in [2.24, 2.45) is 5.10 Å². The van der Waals surface area contributed by atoms with Crippen LogP contribution in [0.4, 0.5) is 0 Å². The Morgan fingerprint density at radius 1 is 1.36 bits per heavy atom. The van der Waals surface area contributed by atoms with Crippen LogP contribution in [0.1, 0.15) is 11.1 Å². The fourth-order valence-corrected chi connectivity index (χ4v) is 3.63. The SMILES string of the molecule is C=CCOc1c(Br)cc(/C=N\NC(=O)CSCc2ccc(Cl)cc2)cc1OC. The Hall–Kier alpha value is -1.96. The van der Waals surface area contributed by atoms with Crippen molar-refractivity contribution in [2.75, 3.05) is 19.5 Å². The van der Waals surface area contributed by atoms with Crippen LogP contribution in [0.2, 0.25) is 5.02 Å². The molecule has 5 nitrogen and oxygen atoms in total. The highest BCUT2D eigenvalue weighted by Crippen LogP contribution is 2.36. The highest BCUT2D eigenvalue weighted by Gasteiger charge is 2.10. The lowest BCUT2D eigenvalue weighted by Gasteiger charge is -2.12. The smallest absolute Gasteiger partial charge is 0.250 e. The summed E-state index contributed by atoms with van der Waals surface area (Å²) < 4.78 is 11.6. The van der Waals surface area contributed by atoms with Gasteiger partial charge in [-0.2, -0.15) is 5.10 Å². The summed E-state index contributed by atoms with van der Waals surface area (Å²) in [6.07, 6.45) is 3.20. The second kappa shape index (κ2) is 11.8. The van der Waals surface area contributed by atoms with Gasteiger partial charge in [0.05, 0.1) is 23.5 Å². The lowest BCUT2D eigenvalue weighted by molar-refractivity contribution is -0.118. The van der Waals surface area contributed by atoms with Crippen molar-refractivity contribution in [3.8, 4) is 11.5 Å². The zero-order valence-corrected chi connectivity index (χ0v) is 18.4. The summed E-state index contributed by atoms with van der Waals surface area (Å²) in [6, 6.07) is 11.2. The van der Waals surface area contributed by atoms with E-state index in [9.17, 15) is 4.79 Å². The minimum absolute atomic E-state index is 0.174. The van der Waals surface area contributed by atoms with E-state index >= 15 is 0 Å². The Morgan fingerprint density at radius 3 is 2.79 bits per heavy atom. The second-order valence-corrected chi connectivity index (χ2v) is 7.82. The zero-order valence-electron chi connectivity index (χ0n) is 15.3. The van der Waals surface area contributed by atoms with Gasteiger partial charge in [-0.3, -0.25) is 4.79 Å². The molecule has 0 heterocycles. The maximum absolute atomic E-state index is 11.9. The monoisotopic (exact) mass is 482 g/mol. The van der Waals surface area contributed by atoms with Gasteiger partial charge < -0.3 is 9.47 Å². The van der Waals surface area contributed by atoms with Crippen molar-refractivity contribution in [2.45, 2.75) is 5.75 Å².